The molecule has 13 heavy (non-hydrogen) atoms. The molecule has 1 aliphatic heterocycles. The third kappa shape index (κ3) is 2.20. The summed E-state index contributed by atoms with van der Waals surface area (Å²) in [7, 11) is 0. The van der Waals surface area contributed by atoms with Crippen LogP contribution in [0.5, 0.6) is 0 Å². The Balaban J connectivity index is 2.65. The summed E-state index contributed by atoms with van der Waals surface area (Å²) in [5.74, 6) is 0.336. The Hall–Kier alpha value is -1.06. The maximum atomic E-state index is 11.4. The van der Waals surface area contributed by atoms with E-state index in [-0.39, 0.29) is 30.9 Å². The van der Waals surface area contributed by atoms with Gasteiger partial charge in [0.2, 0.25) is 11.8 Å². The van der Waals surface area contributed by atoms with Crippen molar-refractivity contribution in [3.63, 3.8) is 0 Å². The van der Waals surface area contributed by atoms with Crippen LogP contribution in [-0.2, 0) is 9.59 Å². The van der Waals surface area contributed by atoms with Gasteiger partial charge in [0, 0.05) is 6.04 Å². The Morgan fingerprint density at radius 1 is 1.31 bits per heavy atom. The Bertz CT molecular complexity index is 226. The summed E-state index contributed by atoms with van der Waals surface area (Å²) < 4.78 is 0. The summed E-state index contributed by atoms with van der Waals surface area (Å²) in [5.41, 5.74) is 0. The van der Waals surface area contributed by atoms with Crippen LogP contribution in [0.3, 0.4) is 0 Å². The quantitative estimate of drug-likeness (QED) is 0.656. The van der Waals surface area contributed by atoms with Gasteiger partial charge in [0.1, 0.15) is 0 Å². The molecule has 1 saturated heterocycles. The number of rotatable bonds is 2. The highest BCUT2D eigenvalue weighted by molar-refractivity contribution is 5.92. The predicted octanol–water partition coefficient (Wildman–Crippen LogP) is -0.0107. The van der Waals surface area contributed by atoms with Crippen molar-refractivity contribution in [1.82, 2.24) is 10.2 Å². The first kappa shape index (κ1) is 10.0. The minimum Gasteiger partial charge on any atom is -0.345 e. The van der Waals surface area contributed by atoms with Crippen molar-refractivity contribution >= 4 is 11.8 Å². The van der Waals surface area contributed by atoms with Crippen LogP contribution in [0, 0.1) is 5.92 Å². The van der Waals surface area contributed by atoms with E-state index in [0.717, 1.165) is 0 Å². The zero-order valence-electron chi connectivity index (χ0n) is 8.33. The predicted molar refractivity (Wildman–Crippen MR) is 49.0 cm³/mol. The van der Waals surface area contributed by atoms with Crippen LogP contribution >= 0.6 is 0 Å². The van der Waals surface area contributed by atoms with Crippen LogP contribution in [0.1, 0.15) is 20.8 Å². The number of carbonyl (C=O) groups excluding carboxylic acids is 2. The molecule has 1 fully saturated rings. The summed E-state index contributed by atoms with van der Waals surface area (Å²) in [4.78, 5) is 24.1. The van der Waals surface area contributed by atoms with Gasteiger partial charge in [0.05, 0.1) is 13.1 Å². The average molecular weight is 184 g/mol. The fraction of sp³-hybridized carbons (Fsp3) is 0.778. The summed E-state index contributed by atoms with van der Waals surface area (Å²) in [6, 6.07) is 0.138. The van der Waals surface area contributed by atoms with E-state index in [4.69, 9.17) is 0 Å². The lowest BCUT2D eigenvalue weighted by Gasteiger charge is -2.34. The summed E-state index contributed by atoms with van der Waals surface area (Å²) in [6.07, 6.45) is 0. The van der Waals surface area contributed by atoms with Gasteiger partial charge in [-0.15, -0.1) is 0 Å². The highest BCUT2D eigenvalue weighted by Crippen LogP contribution is 2.11. The topological polar surface area (TPSA) is 49.4 Å². The van der Waals surface area contributed by atoms with Gasteiger partial charge < -0.3 is 10.2 Å². The van der Waals surface area contributed by atoms with Gasteiger partial charge in [-0.2, -0.15) is 0 Å². The SMILES string of the molecule is CC(C)C(C)N1CC(=O)NCC1=O. The van der Waals surface area contributed by atoms with E-state index in [1.54, 1.807) is 4.90 Å². The molecule has 1 atom stereocenters. The maximum absolute atomic E-state index is 11.4. The molecule has 1 aliphatic rings. The average Bonchev–Trinajstić information content (AvgIpc) is 2.08. The first-order chi connectivity index (χ1) is 6.02. The van der Waals surface area contributed by atoms with Crippen molar-refractivity contribution < 1.29 is 9.59 Å². The zero-order valence-corrected chi connectivity index (χ0v) is 8.33. The van der Waals surface area contributed by atoms with Crippen LogP contribution in [0.2, 0.25) is 0 Å². The van der Waals surface area contributed by atoms with E-state index in [1.807, 2.05) is 20.8 Å². The van der Waals surface area contributed by atoms with Crippen LogP contribution < -0.4 is 5.32 Å². The number of nitrogens with zero attached hydrogens (tertiary/aromatic N) is 1. The normalized spacial score (nSPS) is 20.5. The van der Waals surface area contributed by atoms with Crippen LogP contribution in [0.25, 0.3) is 0 Å². The van der Waals surface area contributed by atoms with E-state index in [1.165, 1.54) is 0 Å². The van der Waals surface area contributed by atoms with E-state index >= 15 is 0 Å². The van der Waals surface area contributed by atoms with Crippen molar-refractivity contribution in [2.45, 2.75) is 26.8 Å². The number of hydrogen-bond acceptors (Lipinski definition) is 2. The van der Waals surface area contributed by atoms with E-state index < -0.39 is 0 Å². The first-order valence-electron chi connectivity index (χ1n) is 4.58. The molecule has 1 unspecified atom stereocenters. The molecule has 4 nitrogen and oxygen atoms in total. The van der Waals surface area contributed by atoms with Gasteiger partial charge in [-0.3, -0.25) is 9.59 Å². The van der Waals surface area contributed by atoms with Crippen molar-refractivity contribution in [3.8, 4) is 0 Å². The number of carbonyl (C=O) groups is 2. The van der Waals surface area contributed by atoms with Crippen molar-refractivity contribution in [1.29, 1.82) is 0 Å². The van der Waals surface area contributed by atoms with Gasteiger partial charge in [0.25, 0.3) is 0 Å². The third-order valence-electron chi connectivity index (χ3n) is 2.53. The maximum Gasteiger partial charge on any atom is 0.242 e. The lowest BCUT2D eigenvalue weighted by molar-refractivity contribution is -0.143. The van der Waals surface area contributed by atoms with E-state index in [9.17, 15) is 9.59 Å². The molecule has 0 aromatic carbocycles. The second-order valence-corrected chi connectivity index (χ2v) is 3.78. The fourth-order valence-electron chi connectivity index (χ4n) is 1.31. The Labute approximate surface area is 78.3 Å². The lowest BCUT2D eigenvalue weighted by Crippen LogP contribution is -2.55. The molecule has 0 spiro atoms. The fourth-order valence-corrected chi connectivity index (χ4v) is 1.31. The Morgan fingerprint density at radius 2 is 1.92 bits per heavy atom. The minimum atomic E-state index is -0.0629. The van der Waals surface area contributed by atoms with Gasteiger partial charge >= 0.3 is 0 Å². The standard InChI is InChI=1S/C9H16N2O2/c1-6(2)7(3)11-5-8(12)10-4-9(11)13/h6-7H,4-5H2,1-3H3,(H,10,12). The van der Waals surface area contributed by atoms with E-state index in [2.05, 4.69) is 5.32 Å². The largest absolute Gasteiger partial charge is 0.345 e. The van der Waals surface area contributed by atoms with Gasteiger partial charge in [-0.1, -0.05) is 13.8 Å². The molecule has 0 aromatic rings. The second kappa shape index (κ2) is 3.77. The molecule has 1 N–H and O–H groups in total. The zero-order chi connectivity index (χ0) is 10.0. The molecule has 0 aliphatic carbocycles. The van der Waals surface area contributed by atoms with Gasteiger partial charge in [0.15, 0.2) is 0 Å². The molecule has 1 rings (SSSR count). The molecule has 0 bridgehead atoms. The Morgan fingerprint density at radius 3 is 2.46 bits per heavy atom. The number of piperazine rings is 1. The molecular formula is C9H16N2O2. The van der Waals surface area contributed by atoms with Crippen molar-refractivity contribution in [2.24, 2.45) is 5.92 Å². The third-order valence-corrected chi connectivity index (χ3v) is 2.53. The van der Waals surface area contributed by atoms with Gasteiger partial charge in [-0.05, 0) is 12.8 Å². The van der Waals surface area contributed by atoms with Crippen LogP contribution in [0.4, 0.5) is 0 Å². The first-order valence-corrected chi connectivity index (χ1v) is 4.58. The second-order valence-electron chi connectivity index (χ2n) is 3.78. The minimum absolute atomic E-state index is 0.0146. The van der Waals surface area contributed by atoms with E-state index in [0.29, 0.717) is 5.92 Å². The van der Waals surface area contributed by atoms with Crippen molar-refractivity contribution in [2.75, 3.05) is 13.1 Å². The van der Waals surface area contributed by atoms with Gasteiger partial charge in [-0.25, -0.2) is 0 Å². The molecule has 0 aromatic heterocycles. The molecule has 2 amide bonds. The lowest BCUT2D eigenvalue weighted by atomic mass is 10.0. The molecule has 74 valence electrons. The van der Waals surface area contributed by atoms with Crippen LogP contribution in [0.15, 0.2) is 0 Å². The van der Waals surface area contributed by atoms with Crippen molar-refractivity contribution in [3.05, 3.63) is 0 Å². The number of nitrogens with one attached hydrogen (secondary N) is 1. The molecule has 0 radical (unpaired) electrons. The highest BCUT2D eigenvalue weighted by atomic mass is 16.2. The smallest absolute Gasteiger partial charge is 0.242 e. The summed E-state index contributed by atoms with van der Waals surface area (Å²) >= 11 is 0. The molecule has 1 heterocycles. The summed E-state index contributed by atoms with van der Waals surface area (Å²) in [6.45, 7) is 6.42. The monoisotopic (exact) mass is 184 g/mol. The van der Waals surface area contributed by atoms with Crippen LogP contribution in [-0.4, -0.2) is 35.8 Å². The number of hydrogen-bond donors (Lipinski definition) is 1. The molecule has 4 heteroatoms. The molecular weight excluding hydrogens is 168 g/mol. The molecule has 0 saturated carbocycles. The summed E-state index contributed by atoms with van der Waals surface area (Å²) in [5, 5.41) is 2.53. The number of amides is 2. The Kier molecular flexibility index (Phi) is 2.90. The highest BCUT2D eigenvalue weighted by Gasteiger charge is 2.28.